The van der Waals surface area contributed by atoms with Gasteiger partial charge in [0.15, 0.2) is 0 Å². The highest BCUT2D eigenvalue weighted by atomic mass is 16.5. The molecule has 0 amide bonds. The molecule has 0 saturated heterocycles. The Balaban J connectivity index is 2.31. The molecule has 82 valence electrons. The number of carbonyl (C=O) groups is 1. The zero-order valence-corrected chi connectivity index (χ0v) is 9.40. The maximum Gasteiger partial charge on any atom is 0.338 e. The van der Waals surface area contributed by atoms with Crippen LogP contribution in [0.5, 0.6) is 0 Å². The first-order valence-corrected chi connectivity index (χ1v) is 5.46. The van der Waals surface area contributed by atoms with Gasteiger partial charge < -0.3 is 4.74 Å². The molecule has 0 aromatic heterocycles. The summed E-state index contributed by atoms with van der Waals surface area (Å²) >= 11 is 0. The summed E-state index contributed by atoms with van der Waals surface area (Å²) in [7, 11) is 0. The molecular weight excluding hydrogens is 188 g/mol. The van der Waals surface area contributed by atoms with Crippen LogP contribution in [0, 0.1) is 5.92 Å². The van der Waals surface area contributed by atoms with Crippen LogP contribution in [0.4, 0.5) is 0 Å². The van der Waals surface area contributed by atoms with Gasteiger partial charge in [-0.3, -0.25) is 0 Å². The van der Waals surface area contributed by atoms with Crippen molar-refractivity contribution in [2.45, 2.75) is 26.7 Å². The molecular formula is C13H18O2. The minimum Gasteiger partial charge on any atom is -0.462 e. The predicted molar refractivity (Wildman–Crippen MR) is 60.8 cm³/mol. The average molecular weight is 206 g/mol. The Morgan fingerprint density at radius 1 is 1.33 bits per heavy atom. The minimum atomic E-state index is -0.223. The van der Waals surface area contributed by atoms with E-state index < -0.39 is 0 Å². The summed E-state index contributed by atoms with van der Waals surface area (Å²) in [5.74, 6) is 0.396. The highest BCUT2D eigenvalue weighted by Gasteiger charge is 2.06. The molecule has 0 aliphatic rings. The number of ether oxygens (including phenoxy) is 1. The minimum absolute atomic E-state index is 0.223. The molecule has 1 rings (SSSR count). The van der Waals surface area contributed by atoms with E-state index in [2.05, 4.69) is 13.8 Å². The van der Waals surface area contributed by atoms with Gasteiger partial charge in [-0.15, -0.1) is 0 Å². The molecule has 0 heterocycles. The first-order chi connectivity index (χ1) is 7.24. The monoisotopic (exact) mass is 206 g/mol. The van der Waals surface area contributed by atoms with Gasteiger partial charge in [0.05, 0.1) is 12.2 Å². The van der Waals surface area contributed by atoms with Gasteiger partial charge in [-0.25, -0.2) is 4.79 Å². The van der Waals surface area contributed by atoms with Crippen molar-refractivity contribution in [2.24, 2.45) is 5.92 Å². The molecule has 15 heavy (non-hydrogen) atoms. The van der Waals surface area contributed by atoms with Crippen molar-refractivity contribution in [3.8, 4) is 0 Å². The zero-order valence-electron chi connectivity index (χ0n) is 9.40. The van der Waals surface area contributed by atoms with Gasteiger partial charge in [-0.1, -0.05) is 38.5 Å². The third-order valence-corrected chi connectivity index (χ3v) is 2.55. The number of rotatable bonds is 5. The fourth-order valence-electron chi connectivity index (χ4n) is 1.21. The van der Waals surface area contributed by atoms with Gasteiger partial charge in [0.1, 0.15) is 0 Å². The molecule has 0 aliphatic heterocycles. The van der Waals surface area contributed by atoms with E-state index in [0.29, 0.717) is 18.1 Å². The molecule has 0 spiro atoms. The Bertz CT molecular complexity index is 293. The lowest BCUT2D eigenvalue weighted by Crippen LogP contribution is -2.08. The Labute approximate surface area is 91.3 Å². The maximum absolute atomic E-state index is 11.5. The van der Waals surface area contributed by atoms with Gasteiger partial charge in [0.25, 0.3) is 0 Å². The lowest BCUT2D eigenvalue weighted by atomic mass is 10.1. The van der Waals surface area contributed by atoms with Crippen LogP contribution in [0.2, 0.25) is 0 Å². The van der Waals surface area contributed by atoms with Gasteiger partial charge in [-0.05, 0) is 24.5 Å². The highest BCUT2D eigenvalue weighted by molar-refractivity contribution is 5.89. The molecule has 2 nitrogen and oxygen atoms in total. The third kappa shape index (κ3) is 4.15. The van der Waals surface area contributed by atoms with E-state index >= 15 is 0 Å². The first kappa shape index (κ1) is 11.8. The summed E-state index contributed by atoms with van der Waals surface area (Å²) in [6, 6.07) is 9.10. The van der Waals surface area contributed by atoms with E-state index in [1.54, 1.807) is 12.1 Å². The molecule has 0 N–H and O–H groups in total. The van der Waals surface area contributed by atoms with Gasteiger partial charge in [0.2, 0.25) is 0 Å². The van der Waals surface area contributed by atoms with Crippen LogP contribution in [0.25, 0.3) is 0 Å². The van der Waals surface area contributed by atoms with E-state index in [9.17, 15) is 4.79 Å². The van der Waals surface area contributed by atoms with E-state index in [0.717, 1.165) is 12.8 Å². The Kier molecular flexibility index (Phi) is 4.88. The number of hydrogen-bond acceptors (Lipinski definition) is 2. The van der Waals surface area contributed by atoms with Crippen molar-refractivity contribution in [1.82, 2.24) is 0 Å². The SMILES string of the molecule is CCC(C)CCOC(=O)c1ccccc1. The molecule has 0 radical (unpaired) electrons. The van der Waals surface area contributed by atoms with Crippen LogP contribution < -0.4 is 0 Å². The molecule has 1 atom stereocenters. The van der Waals surface area contributed by atoms with Crippen molar-refractivity contribution >= 4 is 5.97 Å². The number of esters is 1. The van der Waals surface area contributed by atoms with Crippen molar-refractivity contribution in [1.29, 1.82) is 0 Å². The quantitative estimate of drug-likeness (QED) is 0.691. The average Bonchev–Trinajstić information content (AvgIpc) is 2.29. The second-order valence-corrected chi connectivity index (χ2v) is 3.80. The van der Waals surface area contributed by atoms with Crippen LogP contribution in [0.15, 0.2) is 30.3 Å². The zero-order chi connectivity index (χ0) is 11.1. The molecule has 0 saturated carbocycles. The summed E-state index contributed by atoms with van der Waals surface area (Å²) in [5.41, 5.74) is 0.627. The van der Waals surface area contributed by atoms with Crippen LogP contribution in [-0.4, -0.2) is 12.6 Å². The van der Waals surface area contributed by atoms with E-state index in [1.807, 2.05) is 18.2 Å². The first-order valence-electron chi connectivity index (χ1n) is 5.46. The highest BCUT2D eigenvalue weighted by Crippen LogP contribution is 2.07. The van der Waals surface area contributed by atoms with Crippen LogP contribution in [-0.2, 0) is 4.74 Å². The van der Waals surface area contributed by atoms with Crippen LogP contribution in [0.3, 0.4) is 0 Å². The Morgan fingerprint density at radius 2 is 2.00 bits per heavy atom. The summed E-state index contributed by atoms with van der Waals surface area (Å²) in [4.78, 5) is 11.5. The standard InChI is InChI=1S/C13H18O2/c1-3-11(2)9-10-15-13(14)12-7-5-4-6-8-12/h4-8,11H,3,9-10H2,1-2H3. The van der Waals surface area contributed by atoms with E-state index in [1.165, 1.54) is 0 Å². The molecule has 1 aromatic carbocycles. The fraction of sp³-hybridized carbons (Fsp3) is 0.462. The summed E-state index contributed by atoms with van der Waals surface area (Å²) in [6.07, 6.45) is 2.07. The lowest BCUT2D eigenvalue weighted by molar-refractivity contribution is 0.0485. The Morgan fingerprint density at radius 3 is 2.60 bits per heavy atom. The van der Waals surface area contributed by atoms with Crippen molar-refractivity contribution in [2.75, 3.05) is 6.61 Å². The van der Waals surface area contributed by atoms with Crippen molar-refractivity contribution in [3.05, 3.63) is 35.9 Å². The summed E-state index contributed by atoms with van der Waals surface area (Å²) in [6.45, 7) is 4.82. The topological polar surface area (TPSA) is 26.3 Å². The largest absolute Gasteiger partial charge is 0.462 e. The fourth-order valence-corrected chi connectivity index (χ4v) is 1.21. The third-order valence-electron chi connectivity index (χ3n) is 2.55. The molecule has 0 bridgehead atoms. The maximum atomic E-state index is 11.5. The van der Waals surface area contributed by atoms with Crippen molar-refractivity contribution in [3.63, 3.8) is 0 Å². The van der Waals surface area contributed by atoms with Crippen molar-refractivity contribution < 1.29 is 9.53 Å². The van der Waals surface area contributed by atoms with Gasteiger partial charge in [0, 0.05) is 0 Å². The molecule has 1 aromatic rings. The second-order valence-electron chi connectivity index (χ2n) is 3.80. The summed E-state index contributed by atoms with van der Waals surface area (Å²) in [5, 5.41) is 0. The number of hydrogen-bond donors (Lipinski definition) is 0. The van der Waals surface area contributed by atoms with Gasteiger partial charge >= 0.3 is 5.97 Å². The normalized spacial score (nSPS) is 12.1. The van der Waals surface area contributed by atoms with Crippen LogP contribution in [0.1, 0.15) is 37.0 Å². The number of carbonyl (C=O) groups excluding carboxylic acids is 1. The molecule has 0 fully saturated rings. The second kappa shape index (κ2) is 6.23. The number of benzene rings is 1. The van der Waals surface area contributed by atoms with Crippen LogP contribution >= 0.6 is 0 Å². The van der Waals surface area contributed by atoms with Gasteiger partial charge in [-0.2, -0.15) is 0 Å². The predicted octanol–water partition coefficient (Wildman–Crippen LogP) is 3.28. The molecule has 2 heteroatoms. The Hall–Kier alpha value is -1.31. The van der Waals surface area contributed by atoms with E-state index in [-0.39, 0.29) is 5.97 Å². The smallest absolute Gasteiger partial charge is 0.338 e. The lowest BCUT2D eigenvalue weighted by Gasteiger charge is -2.08. The summed E-state index contributed by atoms with van der Waals surface area (Å²) < 4.78 is 5.16. The molecule has 1 unspecified atom stereocenters. The molecule has 0 aliphatic carbocycles. The van der Waals surface area contributed by atoms with E-state index in [4.69, 9.17) is 4.74 Å².